The molecule has 0 fully saturated rings. The molecule has 28 heavy (non-hydrogen) atoms. The number of halogens is 1. The molecule has 2 aromatic heterocycles. The minimum Gasteiger partial charge on any atom is -0.488 e. The minimum atomic E-state index is -0.284. The van der Waals surface area contributed by atoms with Crippen LogP contribution in [0.3, 0.4) is 0 Å². The van der Waals surface area contributed by atoms with Gasteiger partial charge in [-0.25, -0.2) is 13.9 Å². The highest BCUT2D eigenvalue weighted by Gasteiger charge is 2.21. The normalized spacial score (nSPS) is 19.6. The van der Waals surface area contributed by atoms with Crippen LogP contribution in [0.5, 0.6) is 5.75 Å². The van der Waals surface area contributed by atoms with E-state index in [-0.39, 0.29) is 18.0 Å². The lowest BCUT2D eigenvalue weighted by atomic mass is 10.0. The van der Waals surface area contributed by atoms with Crippen LogP contribution in [-0.2, 0) is 0 Å². The monoisotopic (exact) mass is 381 g/mol. The molecule has 2 atom stereocenters. The van der Waals surface area contributed by atoms with Gasteiger partial charge in [-0.15, -0.1) is 0 Å². The van der Waals surface area contributed by atoms with Crippen molar-refractivity contribution in [2.24, 2.45) is 0 Å². The first kappa shape index (κ1) is 18.3. The molecule has 1 aliphatic heterocycles. The Morgan fingerprint density at radius 1 is 1.29 bits per heavy atom. The van der Waals surface area contributed by atoms with E-state index in [0.29, 0.717) is 23.8 Å². The zero-order valence-electron chi connectivity index (χ0n) is 16.1. The average molecular weight is 381 g/mol. The van der Waals surface area contributed by atoms with Crippen molar-refractivity contribution in [1.29, 1.82) is 0 Å². The summed E-state index contributed by atoms with van der Waals surface area (Å²) in [6, 6.07) is 6.40. The molecule has 0 unspecified atom stereocenters. The van der Waals surface area contributed by atoms with Gasteiger partial charge < -0.3 is 15.4 Å². The van der Waals surface area contributed by atoms with E-state index in [1.165, 1.54) is 12.1 Å². The van der Waals surface area contributed by atoms with E-state index in [9.17, 15) is 4.39 Å². The van der Waals surface area contributed by atoms with E-state index in [4.69, 9.17) is 9.72 Å². The van der Waals surface area contributed by atoms with Gasteiger partial charge in [0, 0.05) is 17.5 Å². The first-order chi connectivity index (χ1) is 13.6. The molecule has 1 aliphatic rings. The molecule has 3 heterocycles. The second kappa shape index (κ2) is 7.50. The lowest BCUT2D eigenvalue weighted by Crippen LogP contribution is -2.30. The minimum absolute atomic E-state index is 0.0821. The van der Waals surface area contributed by atoms with Gasteiger partial charge >= 0.3 is 0 Å². The summed E-state index contributed by atoms with van der Waals surface area (Å²) in [7, 11) is 0. The van der Waals surface area contributed by atoms with Crippen LogP contribution in [0.4, 0.5) is 10.2 Å². The standard InChI is InChI=1S/C21H24FN5O/c1-4-15-11-23-13(3)17-12-24-27-9-8-20(26-21(17)27)25-18(5-2)16-10-14(22)6-7-19(16)28-15/h6-10,12,15,18,23H,3-5,11H2,1-2H3,(H,25,26)/t15-,18+/m0/s1. The Balaban J connectivity index is 1.84. The summed E-state index contributed by atoms with van der Waals surface area (Å²) in [6.07, 6.45) is 5.08. The molecule has 0 saturated carbocycles. The Morgan fingerprint density at radius 3 is 2.93 bits per heavy atom. The van der Waals surface area contributed by atoms with E-state index in [1.807, 2.05) is 19.2 Å². The van der Waals surface area contributed by atoms with Crippen molar-refractivity contribution in [2.75, 3.05) is 11.9 Å². The van der Waals surface area contributed by atoms with Crippen LogP contribution in [0.15, 0.2) is 43.2 Å². The number of benzene rings is 1. The second-order valence-corrected chi connectivity index (χ2v) is 6.93. The fourth-order valence-electron chi connectivity index (χ4n) is 3.42. The van der Waals surface area contributed by atoms with Crippen molar-refractivity contribution in [2.45, 2.75) is 38.8 Å². The van der Waals surface area contributed by atoms with Crippen molar-refractivity contribution < 1.29 is 9.13 Å². The van der Waals surface area contributed by atoms with Gasteiger partial charge in [0.15, 0.2) is 5.65 Å². The highest BCUT2D eigenvalue weighted by molar-refractivity contribution is 5.73. The predicted molar refractivity (Wildman–Crippen MR) is 108 cm³/mol. The maximum atomic E-state index is 14.0. The molecule has 0 aliphatic carbocycles. The number of ether oxygens (including phenoxy) is 1. The molecular weight excluding hydrogens is 357 g/mol. The van der Waals surface area contributed by atoms with Gasteiger partial charge in [-0.1, -0.05) is 20.4 Å². The van der Waals surface area contributed by atoms with Crippen LogP contribution < -0.4 is 15.4 Å². The van der Waals surface area contributed by atoms with Crippen molar-refractivity contribution in [3.63, 3.8) is 0 Å². The van der Waals surface area contributed by atoms with Crippen LogP contribution >= 0.6 is 0 Å². The van der Waals surface area contributed by atoms with Crippen LogP contribution in [-0.4, -0.2) is 27.2 Å². The average Bonchev–Trinajstić information content (AvgIpc) is 3.12. The molecule has 0 amide bonds. The fourth-order valence-corrected chi connectivity index (χ4v) is 3.42. The summed E-state index contributed by atoms with van der Waals surface area (Å²) in [4.78, 5) is 4.72. The predicted octanol–water partition coefficient (Wildman–Crippen LogP) is 4.16. The summed E-state index contributed by atoms with van der Waals surface area (Å²) >= 11 is 0. The lowest BCUT2D eigenvalue weighted by Gasteiger charge is -2.24. The van der Waals surface area contributed by atoms with Crippen LogP contribution in [0.1, 0.15) is 43.9 Å². The fraction of sp³-hybridized carbons (Fsp3) is 0.333. The van der Waals surface area contributed by atoms with Crippen molar-refractivity contribution in [3.8, 4) is 5.75 Å². The van der Waals surface area contributed by atoms with Gasteiger partial charge in [0.1, 0.15) is 23.5 Å². The van der Waals surface area contributed by atoms with Crippen molar-refractivity contribution >= 4 is 17.2 Å². The molecule has 0 saturated heterocycles. The molecule has 0 radical (unpaired) electrons. The van der Waals surface area contributed by atoms with E-state index in [0.717, 1.165) is 29.7 Å². The van der Waals surface area contributed by atoms with Crippen LogP contribution in [0.25, 0.3) is 11.3 Å². The van der Waals surface area contributed by atoms with Crippen molar-refractivity contribution in [1.82, 2.24) is 19.9 Å². The number of aromatic nitrogens is 3. The summed E-state index contributed by atoms with van der Waals surface area (Å²) in [5.41, 5.74) is 3.08. The van der Waals surface area contributed by atoms with Gasteiger partial charge in [0.05, 0.1) is 24.3 Å². The first-order valence-electron chi connectivity index (χ1n) is 9.59. The molecule has 3 aromatic rings. The van der Waals surface area contributed by atoms with Gasteiger partial charge in [0.2, 0.25) is 0 Å². The summed E-state index contributed by atoms with van der Waals surface area (Å²) in [6.45, 7) is 8.83. The zero-order chi connectivity index (χ0) is 19.7. The molecule has 146 valence electrons. The van der Waals surface area contributed by atoms with E-state index in [2.05, 4.69) is 29.2 Å². The zero-order valence-corrected chi connectivity index (χ0v) is 16.1. The number of nitrogens with zero attached hydrogens (tertiary/aromatic N) is 3. The number of fused-ring (bicyclic) bond motifs is 2. The summed E-state index contributed by atoms with van der Waals surface area (Å²) < 4.78 is 22.0. The SMILES string of the molecule is C=C1NC[C@H](CC)Oc2ccc(F)cc2[C@@H](CC)Nc2ccn3ncc1c3n2. The summed E-state index contributed by atoms with van der Waals surface area (Å²) in [5, 5.41) is 11.1. The topological polar surface area (TPSA) is 63.5 Å². The number of hydrogen-bond acceptors (Lipinski definition) is 5. The molecule has 0 spiro atoms. The first-order valence-corrected chi connectivity index (χ1v) is 9.59. The number of rotatable bonds is 2. The Morgan fingerprint density at radius 2 is 2.14 bits per heavy atom. The third-order valence-electron chi connectivity index (χ3n) is 5.06. The van der Waals surface area contributed by atoms with Gasteiger partial charge in [0.25, 0.3) is 0 Å². The molecular formula is C21H24FN5O. The number of hydrogen-bond donors (Lipinski definition) is 2. The number of nitrogens with one attached hydrogen (secondary N) is 2. The molecule has 2 N–H and O–H groups in total. The smallest absolute Gasteiger partial charge is 0.166 e. The maximum Gasteiger partial charge on any atom is 0.166 e. The lowest BCUT2D eigenvalue weighted by molar-refractivity contribution is 0.196. The molecule has 4 rings (SSSR count). The Kier molecular flexibility index (Phi) is 4.90. The van der Waals surface area contributed by atoms with Crippen LogP contribution in [0.2, 0.25) is 0 Å². The van der Waals surface area contributed by atoms with Gasteiger partial charge in [-0.05, 0) is 37.1 Å². The second-order valence-electron chi connectivity index (χ2n) is 6.93. The summed E-state index contributed by atoms with van der Waals surface area (Å²) in [5.74, 6) is 1.09. The van der Waals surface area contributed by atoms with Crippen LogP contribution in [0, 0.1) is 5.82 Å². The van der Waals surface area contributed by atoms with E-state index < -0.39 is 0 Å². The largest absolute Gasteiger partial charge is 0.488 e. The molecule has 7 heteroatoms. The Labute approximate surface area is 163 Å². The van der Waals surface area contributed by atoms with Gasteiger partial charge in [-0.2, -0.15) is 5.10 Å². The molecule has 1 aromatic carbocycles. The Hall–Kier alpha value is -3.09. The Bertz CT molecular complexity index is 1020. The quantitative estimate of drug-likeness (QED) is 0.698. The molecule has 2 bridgehead atoms. The highest BCUT2D eigenvalue weighted by Crippen LogP contribution is 2.32. The molecule has 6 nitrogen and oxygen atoms in total. The van der Waals surface area contributed by atoms with E-state index >= 15 is 0 Å². The van der Waals surface area contributed by atoms with Gasteiger partial charge in [-0.3, -0.25) is 0 Å². The van der Waals surface area contributed by atoms with E-state index in [1.54, 1.807) is 16.8 Å². The maximum absolute atomic E-state index is 14.0. The third-order valence-corrected chi connectivity index (χ3v) is 5.06. The number of anilines is 1. The highest BCUT2D eigenvalue weighted by atomic mass is 19.1. The third kappa shape index (κ3) is 3.40. The van der Waals surface area contributed by atoms with Crippen molar-refractivity contribution in [3.05, 3.63) is 60.2 Å².